The molecule has 0 unspecified atom stereocenters. The Hall–Kier alpha value is -9.70. The van der Waals surface area contributed by atoms with E-state index in [9.17, 15) is 48.6 Å². The number of aliphatic hydroxyl groups is 1. The van der Waals surface area contributed by atoms with Gasteiger partial charge in [-0.1, -0.05) is 118 Å². The van der Waals surface area contributed by atoms with E-state index in [-0.39, 0.29) is 125 Å². The van der Waals surface area contributed by atoms with Crippen molar-refractivity contribution >= 4 is 93.4 Å². The first-order valence-corrected chi connectivity index (χ1v) is 35.5. The lowest BCUT2D eigenvalue weighted by atomic mass is 9.76. The summed E-state index contributed by atoms with van der Waals surface area (Å²) >= 11 is 0. The average Bonchev–Trinajstić information content (AvgIpc) is 1.30. The smallest absolute Gasteiger partial charge is 0.305 e. The van der Waals surface area contributed by atoms with Gasteiger partial charge in [-0.15, -0.1) is 0 Å². The quantitative estimate of drug-likeness (QED) is 0.0390. The second-order valence-electron chi connectivity index (χ2n) is 29.4. The number of nitrogens with one attached hydrogen (secondary N) is 10. The van der Waals surface area contributed by atoms with Crippen LogP contribution in [0.25, 0.3) is 10.9 Å². The Labute approximate surface area is 596 Å². The van der Waals surface area contributed by atoms with E-state index in [1.54, 1.807) is 85.0 Å². The van der Waals surface area contributed by atoms with Gasteiger partial charge in [0.1, 0.15) is 66.2 Å². The summed E-state index contributed by atoms with van der Waals surface area (Å²) in [4.78, 5) is 188. The Morgan fingerprint density at radius 3 is 1.64 bits per heavy atom. The second-order valence-corrected chi connectivity index (χ2v) is 29.4. The number of aliphatic hydroxyl groups excluding tert-OH is 1. The number of nitrogens with two attached hydrogens (primary N) is 2. The molecule has 3 aliphatic rings. The van der Waals surface area contributed by atoms with Crippen LogP contribution in [0.4, 0.5) is 0 Å². The number of ketones is 1. The lowest BCUT2D eigenvalue weighted by Crippen LogP contribution is -2.62. The number of hydrogen-bond acceptors (Lipinski definition) is 15. The number of aromatic nitrogens is 1. The van der Waals surface area contributed by atoms with Crippen LogP contribution >= 0.6 is 0 Å². The van der Waals surface area contributed by atoms with Crippen molar-refractivity contribution in [3.05, 3.63) is 83.3 Å². The lowest BCUT2D eigenvalue weighted by molar-refractivity contribution is -0.143. The molecule has 29 heteroatoms. The van der Waals surface area contributed by atoms with Gasteiger partial charge >= 0.3 is 5.97 Å². The fourth-order valence-corrected chi connectivity index (χ4v) is 13.1. The van der Waals surface area contributed by atoms with Crippen LogP contribution in [-0.2, 0) is 70.4 Å². The first-order chi connectivity index (χ1) is 48.1. The number of H-pyrrole nitrogens is 1. The number of unbranched alkanes of at least 4 members (excludes halogenated alkanes) is 1. The highest BCUT2D eigenvalue weighted by Gasteiger charge is 2.43. The summed E-state index contributed by atoms with van der Waals surface area (Å²) < 4.78 is 0. The molecule has 1 aliphatic carbocycles. The van der Waals surface area contributed by atoms with Gasteiger partial charge in [0, 0.05) is 68.1 Å². The van der Waals surface area contributed by atoms with Crippen molar-refractivity contribution in [1.29, 1.82) is 0 Å². The molecule has 2 aromatic carbocycles. The van der Waals surface area contributed by atoms with Crippen molar-refractivity contribution in [2.75, 3.05) is 19.6 Å². The molecule has 29 nitrogen and oxygen atoms in total. The average molecular weight is 1420 g/mol. The molecule has 2 aliphatic heterocycles. The van der Waals surface area contributed by atoms with E-state index < -0.39 is 149 Å². The van der Waals surface area contributed by atoms with Crippen LogP contribution in [0.1, 0.15) is 164 Å². The van der Waals surface area contributed by atoms with Crippen LogP contribution in [0.15, 0.2) is 82.1 Å². The summed E-state index contributed by atoms with van der Waals surface area (Å²) in [5, 5.41) is 46.6. The van der Waals surface area contributed by atoms with Gasteiger partial charge in [-0.05, 0) is 111 Å². The van der Waals surface area contributed by atoms with E-state index in [4.69, 9.17) is 11.5 Å². The molecule has 0 spiro atoms. The van der Waals surface area contributed by atoms with Gasteiger partial charge in [0.05, 0.1) is 12.0 Å². The molecule has 3 aromatic rings. The molecule has 2 fully saturated rings. The molecule has 16 N–H and O–H groups in total. The van der Waals surface area contributed by atoms with Crippen molar-refractivity contribution in [2.45, 2.75) is 226 Å². The highest BCUT2D eigenvalue weighted by molar-refractivity contribution is 6.22. The number of aliphatic imine (C=N–C) groups is 2. The number of aromatic amines is 1. The van der Waals surface area contributed by atoms with Crippen molar-refractivity contribution in [1.82, 2.24) is 57.7 Å². The fourth-order valence-electron chi connectivity index (χ4n) is 13.1. The number of carbonyl (C=O) groups excluding carboxylic acids is 11. The van der Waals surface area contributed by atoms with Crippen LogP contribution in [0.2, 0.25) is 0 Å². The van der Waals surface area contributed by atoms with Crippen molar-refractivity contribution < 1.29 is 67.7 Å². The van der Waals surface area contributed by atoms with Gasteiger partial charge < -0.3 is 79.4 Å². The highest BCUT2D eigenvalue weighted by Crippen LogP contribution is 2.36. The molecule has 558 valence electrons. The maximum absolute atomic E-state index is 15.3. The Morgan fingerprint density at radius 1 is 0.569 bits per heavy atom. The standard InChI is InChI=1S/C73H107N15O14/c1-39(2)31-50-64(95)83-52(33-44-21-13-12-14-22-44)66(97)79-48(25-17-18-28-76-43(9)59-56(89)36-73(10,11)37-57(59)90)63(94)86-60(41(5)6)69(100)80-49(26-19-29-77-72(74)75)62(93)81-51(32-40(3)4)65(96)85-54(34-45-38-78-47-24-16-15-23-46(45)47)71(102)88-30-20-27-55(88)68(99)87-61(42(7)8)70(101)84-53(35-58(91)92)67(98)82-50/h12-16,21-24,38-42,48-55,60-61,78,89H,17-20,25-37H2,1-11H3,(H,79,97)(H,80,100)(H,81,93)(H,82,98)(H,83,95)(H,84,101)(H,85,96)(H,86,94)(H,87,99)(H,91,92)(H4,74,75,77)/t48-,49-,50-,51-,52+,53-,54+,55-,60-,61-/m0/s1. The molecule has 6 rings (SSSR count). The Balaban J connectivity index is 1.45. The monoisotopic (exact) mass is 1420 g/mol. The zero-order valence-electron chi connectivity index (χ0n) is 60.7. The largest absolute Gasteiger partial charge is 0.511 e. The van der Waals surface area contributed by atoms with Crippen LogP contribution < -0.4 is 59.3 Å². The molecule has 10 amide bonds. The predicted octanol–water partition coefficient (Wildman–Crippen LogP) is 3.09. The number of hydrogen-bond donors (Lipinski definition) is 14. The minimum absolute atomic E-state index is 0.0236. The molecular formula is C73H107N15O14. The normalized spacial score (nSPS) is 24.7. The van der Waals surface area contributed by atoms with Crippen molar-refractivity contribution in [3.8, 4) is 0 Å². The zero-order valence-corrected chi connectivity index (χ0v) is 60.7. The van der Waals surface area contributed by atoms with Gasteiger partial charge in [-0.25, -0.2) is 0 Å². The summed E-state index contributed by atoms with van der Waals surface area (Å²) in [6, 6.07) is 1.54. The van der Waals surface area contributed by atoms with Crippen LogP contribution in [0.3, 0.4) is 0 Å². The van der Waals surface area contributed by atoms with Gasteiger partial charge in [0.2, 0.25) is 59.1 Å². The van der Waals surface area contributed by atoms with Gasteiger partial charge in [-0.2, -0.15) is 0 Å². The summed E-state index contributed by atoms with van der Waals surface area (Å²) in [5.74, 6) is -12.5. The third-order valence-corrected chi connectivity index (χ3v) is 18.3. The van der Waals surface area contributed by atoms with Gasteiger partial charge in [0.25, 0.3) is 0 Å². The maximum atomic E-state index is 15.3. The number of carboxylic acids is 1. The molecule has 0 radical (unpaired) electrons. The third-order valence-electron chi connectivity index (χ3n) is 18.3. The lowest BCUT2D eigenvalue weighted by Gasteiger charge is -2.32. The van der Waals surface area contributed by atoms with E-state index in [0.29, 0.717) is 29.7 Å². The Kier molecular flexibility index (Phi) is 30.1. The summed E-state index contributed by atoms with van der Waals surface area (Å²) in [6.07, 6.45) is 1.83. The van der Waals surface area contributed by atoms with Crippen molar-refractivity contribution in [2.24, 2.45) is 50.5 Å². The van der Waals surface area contributed by atoms with E-state index in [0.717, 1.165) is 10.9 Å². The van der Waals surface area contributed by atoms with Crippen molar-refractivity contribution in [3.63, 3.8) is 0 Å². The van der Waals surface area contributed by atoms with E-state index >= 15 is 19.2 Å². The Bertz CT molecular complexity index is 3600. The number of aliphatic carboxylic acids is 1. The summed E-state index contributed by atoms with van der Waals surface area (Å²) in [5.41, 5.74) is 13.3. The SMILES string of the molecule is CC(=NCCCC[C@@H]1NC(=O)[C@@H](Cc2ccccc2)NC(=O)[C@H](CC(C)C)NC(=O)[C@H](CC(=O)O)NC(=O)[C@H](C(C)C)NC(=O)[C@@H]2CCCN2C(=O)[C@@H](Cc2c[nH]c3ccccc23)NC(=O)[C@H](CC(C)C)NC(=O)[C@H](CCCN=C(N)N)NC(=O)[C@H](C(C)C)NC1=O)C1=C(O)CC(C)(C)CC1=O. The van der Waals surface area contributed by atoms with Gasteiger partial charge in [0.15, 0.2) is 11.7 Å². The second kappa shape index (κ2) is 37.8. The number of fused-ring (bicyclic) bond motifs is 2. The number of Topliss-reactive ketones (excluding diaryl/α,β-unsaturated/α-hetero) is 1. The molecule has 2 saturated heterocycles. The minimum atomic E-state index is -1.83. The Morgan fingerprint density at radius 2 is 1.06 bits per heavy atom. The number of nitrogens with zero attached hydrogens (tertiary/aromatic N) is 3. The van der Waals surface area contributed by atoms with Crippen LogP contribution in [0, 0.1) is 29.1 Å². The summed E-state index contributed by atoms with van der Waals surface area (Å²) in [6.45, 7) is 19.3. The first-order valence-electron chi connectivity index (χ1n) is 35.5. The number of carbonyl (C=O) groups is 12. The molecule has 1 aromatic heterocycles. The first kappa shape index (κ1) is 81.3. The van der Waals surface area contributed by atoms with E-state index in [1.165, 1.54) is 4.90 Å². The molecule has 10 atom stereocenters. The zero-order chi connectivity index (χ0) is 75.3. The molecule has 0 saturated carbocycles. The highest BCUT2D eigenvalue weighted by atomic mass is 16.4. The third kappa shape index (κ3) is 24.0. The van der Waals surface area contributed by atoms with Crippen LogP contribution in [0.5, 0.6) is 0 Å². The van der Waals surface area contributed by atoms with Crippen LogP contribution in [-0.4, -0.2) is 183 Å². The molecule has 102 heavy (non-hydrogen) atoms. The molecule has 3 heterocycles. The number of allylic oxidation sites excluding steroid dienone is 2. The summed E-state index contributed by atoms with van der Waals surface area (Å²) in [7, 11) is 0. The molecule has 0 bridgehead atoms. The number of benzene rings is 2. The molecular weight excluding hydrogens is 1310 g/mol. The van der Waals surface area contributed by atoms with Gasteiger partial charge in [-0.3, -0.25) is 67.5 Å². The predicted molar refractivity (Wildman–Crippen MR) is 385 cm³/mol. The topological polar surface area (TPSA) is 449 Å². The number of para-hydroxylation sites is 1. The number of guanidine groups is 1. The number of amides is 10. The number of carboxylic acid groups (broad SMARTS) is 1. The maximum Gasteiger partial charge on any atom is 0.305 e. The van der Waals surface area contributed by atoms with E-state index in [1.807, 2.05) is 52.0 Å². The fraction of sp³-hybridized carbons (Fsp3) is 0.589. The van der Waals surface area contributed by atoms with E-state index in [2.05, 4.69) is 62.8 Å². The number of rotatable bonds is 22. The minimum Gasteiger partial charge on any atom is -0.511 e.